The van der Waals surface area contributed by atoms with E-state index in [9.17, 15) is 9.59 Å². The van der Waals surface area contributed by atoms with Crippen LogP contribution in [0.25, 0.3) is 11.3 Å². The van der Waals surface area contributed by atoms with Crippen LogP contribution in [-0.4, -0.2) is 73.7 Å². The fraction of sp³-hybridized carbons (Fsp3) is 0.471. The molecule has 0 unspecified atom stereocenters. The van der Waals surface area contributed by atoms with E-state index in [1.54, 1.807) is 33.8 Å². The summed E-state index contributed by atoms with van der Waals surface area (Å²) in [5.74, 6) is -1.79. The van der Waals surface area contributed by atoms with Gasteiger partial charge < -0.3 is 19.4 Å². The van der Waals surface area contributed by atoms with Crippen molar-refractivity contribution in [1.82, 2.24) is 14.9 Å². The minimum absolute atomic E-state index is 0.00216. The van der Waals surface area contributed by atoms with E-state index in [-0.39, 0.29) is 59.1 Å². The molecule has 0 radical (unpaired) electrons. The molecule has 10 nitrogen and oxygen atoms in total. The summed E-state index contributed by atoms with van der Waals surface area (Å²) in [7, 11) is -2.06. The molecule has 49 heavy (non-hydrogen) atoms. The highest BCUT2D eigenvalue weighted by molar-refractivity contribution is 6.74. The number of pyridine rings is 2. The van der Waals surface area contributed by atoms with E-state index in [0.717, 1.165) is 17.0 Å². The van der Waals surface area contributed by atoms with Crippen molar-refractivity contribution in [1.29, 1.82) is 0 Å². The Morgan fingerprint density at radius 1 is 0.980 bits per heavy atom. The first-order valence-electron chi connectivity index (χ1n) is 16.0. The number of hydrogen-bond acceptors (Lipinski definition) is 7. The van der Waals surface area contributed by atoms with Crippen LogP contribution in [0.4, 0.5) is 41.2 Å². The lowest BCUT2D eigenvalue weighted by atomic mass is 10.1. The van der Waals surface area contributed by atoms with Gasteiger partial charge in [-0.2, -0.15) is 0 Å². The van der Waals surface area contributed by atoms with Crippen molar-refractivity contribution in [2.75, 3.05) is 47.9 Å². The predicted molar refractivity (Wildman–Crippen MR) is 194 cm³/mol. The van der Waals surface area contributed by atoms with Gasteiger partial charge in [-0.25, -0.2) is 23.4 Å². The molecule has 3 aromatic rings. The van der Waals surface area contributed by atoms with Gasteiger partial charge in [0, 0.05) is 49.8 Å². The molecule has 0 fully saturated rings. The van der Waals surface area contributed by atoms with Crippen molar-refractivity contribution < 1.29 is 27.5 Å². The quantitative estimate of drug-likeness (QED) is 0.207. The van der Waals surface area contributed by atoms with Crippen LogP contribution >= 0.6 is 23.2 Å². The van der Waals surface area contributed by atoms with Gasteiger partial charge in [-0.15, -0.1) is 0 Å². The Labute approximate surface area is 297 Å². The zero-order valence-corrected chi connectivity index (χ0v) is 31.9. The number of hydrogen-bond donors (Lipinski definition) is 1. The number of anilines is 4. The van der Waals surface area contributed by atoms with Gasteiger partial charge in [0.2, 0.25) is 0 Å². The number of urea groups is 1. The average molecular weight is 738 g/mol. The fourth-order valence-corrected chi connectivity index (χ4v) is 6.25. The number of ether oxygens (including phenoxy) is 1. The van der Waals surface area contributed by atoms with Crippen molar-refractivity contribution in [2.45, 2.75) is 72.2 Å². The van der Waals surface area contributed by atoms with Gasteiger partial charge in [-0.1, -0.05) is 44.0 Å². The molecule has 0 saturated carbocycles. The molecule has 4 rings (SSSR count). The van der Waals surface area contributed by atoms with Crippen molar-refractivity contribution in [3.63, 3.8) is 0 Å². The van der Waals surface area contributed by atoms with E-state index in [1.165, 1.54) is 28.3 Å². The lowest BCUT2D eigenvalue weighted by Crippen LogP contribution is -2.45. The van der Waals surface area contributed by atoms with E-state index >= 15 is 8.78 Å². The summed E-state index contributed by atoms with van der Waals surface area (Å²) in [6.45, 7) is 18.8. The highest BCUT2D eigenvalue weighted by Gasteiger charge is 2.38. The second-order valence-corrected chi connectivity index (χ2v) is 19.9. The molecule has 266 valence electrons. The molecule has 0 spiro atoms. The minimum Gasteiger partial charge on any atom is -0.444 e. The Balaban J connectivity index is 1.60. The third-order valence-electron chi connectivity index (χ3n) is 8.39. The zero-order valence-electron chi connectivity index (χ0n) is 29.4. The molecule has 1 aliphatic heterocycles. The predicted octanol–water partition coefficient (Wildman–Crippen LogP) is 9.50. The Hall–Kier alpha value is -3.52. The molecule has 0 saturated heterocycles. The Morgan fingerprint density at radius 2 is 1.59 bits per heavy atom. The summed E-state index contributed by atoms with van der Waals surface area (Å²) in [4.78, 5) is 39.5. The van der Waals surface area contributed by atoms with Gasteiger partial charge in [0.15, 0.2) is 20.0 Å². The molecule has 3 amide bonds. The molecule has 0 atom stereocenters. The van der Waals surface area contributed by atoms with Gasteiger partial charge in [-0.3, -0.25) is 14.8 Å². The summed E-state index contributed by atoms with van der Waals surface area (Å²) >= 11 is 12.5. The number of carbonyl (C=O) groups is 2. The molecular formula is C34H44Cl2F2N6O4Si. The van der Waals surface area contributed by atoms with E-state index in [1.807, 2.05) is 0 Å². The van der Waals surface area contributed by atoms with Gasteiger partial charge in [0.25, 0.3) is 0 Å². The fourth-order valence-electron chi connectivity index (χ4n) is 4.91. The number of nitrogens with zero attached hydrogens (tertiary/aromatic N) is 5. The van der Waals surface area contributed by atoms with Gasteiger partial charge in [0.1, 0.15) is 17.1 Å². The molecule has 2 aromatic heterocycles. The summed E-state index contributed by atoms with van der Waals surface area (Å²) < 4.78 is 43.9. The normalized spacial score (nSPS) is 13.5. The Kier molecular flexibility index (Phi) is 11.5. The first-order valence-corrected chi connectivity index (χ1v) is 19.7. The summed E-state index contributed by atoms with van der Waals surface area (Å²) in [5.41, 5.74) is -0.539. The average Bonchev–Trinajstić information content (AvgIpc) is 3.06. The maximum absolute atomic E-state index is 16.0. The van der Waals surface area contributed by atoms with Crippen LogP contribution in [0.15, 0.2) is 36.7 Å². The van der Waals surface area contributed by atoms with Crippen LogP contribution in [0.1, 0.15) is 48.5 Å². The number of benzene rings is 1. The van der Waals surface area contributed by atoms with Crippen molar-refractivity contribution in [2.24, 2.45) is 0 Å². The highest BCUT2D eigenvalue weighted by Crippen LogP contribution is 2.45. The highest BCUT2D eigenvalue weighted by atomic mass is 35.5. The maximum Gasteiger partial charge on any atom is 0.410 e. The van der Waals surface area contributed by atoms with E-state index in [4.69, 9.17) is 32.4 Å². The third-order valence-corrected chi connectivity index (χ3v) is 13.3. The summed E-state index contributed by atoms with van der Waals surface area (Å²) in [6.07, 6.45) is 2.23. The van der Waals surface area contributed by atoms with Crippen LogP contribution in [0, 0.1) is 11.6 Å². The number of fused-ring (bicyclic) bond motifs is 3. The lowest BCUT2D eigenvalue weighted by molar-refractivity contribution is 0.0230. The molecule has 0 aliphatic carbocycles. The van der Waals surface area contributed by atoms with Gasteiger partial charge >= 0.3 is 12.1 Å². The summed E-state index contributed by atoms with van der Waals surface area (Å²) in [5, 5.41) is 3.44. The smallest absolute Gasteiger partial charge is 0.410 e. The third kappa shape index (κ3) is 8.80. The van der Waals surface area contributed by atoms with Crippen LogP contribution in [0.3, 0.4) is 0 Å². The molecular weight excluding hydrogens is 693 g/mol. The second kappa shape index (κ2) is 14.8. The summed E-state index contributed by atoms with van der Waals surface area (Å²) in [6, 6.07) is 4.42. The number of nitrogens with one attached hydrogen (secondary N) is 1. The van der Waals surface area contributed by atoms with E-state index < -0.39 is 43.4 Å². The molecule has 0 bridgehead atoms. The molecule has 3 heterocycles. The number of rotatable bonds is 10. The van der Waals surface area contributed by atoms with E-state index in [2.05, 4.69) is 49.1 Å². The zero-order chi connectivity index (χ0) is 36.5. The second-order valence-electron chi connectivity index (χ2n) is 14.2. The maximum atomic E-state index is 16.0. The van der Waals surface area contributed by atoms with Crippen molar-refractivity contribution >= 4 is 66.5 Å². The van der Waals surface area contributed by atoms with Crippen LogP contribution in [-0.2, 0) is 9.16 Å². The lowest BCUT2D eigenvalue weighted by Gasteiger charge is -2.37. The molecule has 1 N–H and O–H groups in total. The number of halogens is 4. The molecule has 1 aromatic carbocycles. The van der Waals surface area contributed by atoms with Crippen LogP contribution in [0.2, 0.25) is 28.2 Å². The van der Waals surface area contributed by atoms with Crippen molar-refractivity contribution in [3.05, 3.63) is 58.3 Å². The van der Waals surface area contributed by atoms with E-state index in [0.29, 0.717) is 17.2 Å². The van der Waals surface area contributed by atoms with Gasteiger partial charge in [-0.05, 0) is 70.1 Å². The van der Waals surface area contributed by atoms with Gasteiger partial charge in [0.05, 0.1) is 28.0 Å². The monoisotopic (exact) mass is 736 g/mol. The van der Waals surface area contributed by atoms with Crippen LogP contribution in [0.5, 0.6) is 0 Å². The largest absolute Gasteiger partial charge is 0.444 e. The number of carbonyl (C=O) groups excluding carboxylic acids is 2. The topological polar surface area (TPSA) is 100 Å². The molecule has 1 aliphatic rings. The SMILES string of the molecule is CCN1C(=O)N(c2c(F)cc(NCCN(CCO[Si](C)(C)C(C)(C)C)C(=O)OC(C)(C)C)cc2F)c2cc(Cl)cnc2-c2cc(Cl)cnc21. The molecule has 15 heteroatoms. The Bertz CT molecular complexity index is 1690. The number of aromatic nitrogens is 2. The standard InChI is InChI=1S/C34H44Cl2F2N6O4Si/c1-10-43-30-24(15-21(35)20-41-30)28-27(16-22(36)19-40-28)44(31(43)45)29-25(37)17-23(18-26(29)38)39-11-12-42(32(46)48-33(2,3)4)13-14-47-49(8,9)34(5,6)7/h15-20,39H,10-14H2,1-9H3. The first-order chi connectivity index (χ1) is 22.7. The first kappa shape index (κ1) is 38.3. The number of amides is 3. The minimum atomic E-state index is -2.06. The Morgan fingerprint density at radius 3 is 2.18 bits per heavy atom. The van der Waals surface area contributed by atoms with Crippen molar-refractivity contribution in [3.8, 4) is 11.3 Å². The van der Waals surface area contributed by atoms with Crippen LogP contribution < -0.4 is 15.1 Å².